The number of nitriles is 1. The first-order valence-electron chi connectivity index (χ1n) is 5.97. The topological polar surface area (TPSA) is 44.1 Å². The highest BCUT2D eigenvalue weighted by Crippen LogP contribution is 2.30. The molecular formula is C15H14N2O. The molecule has 1 fully saturated rings. The molecule has 0 aliphatic heterocycles. The number of rotatable bonds is 4. The number of benzene rings is 1. The lowest BCUT2D eigenvalue weighted by Crippen LogP contribution is -2.33. The summed E-state index contributed by atoms with van der Waals surface area (Å²) in [5.74, 6) is 3.03. The van der Waals surface area contributed by atoms with Gasteiger partial charge < -0.3 is 4.90 Å². The molecule has 0 saturated heterocycles. The zero-order valence-electron chi connectivity index (χ0n) is 10.1. The molecule has 1 aromatic carbocycles. The van der Waals surface area contributed by atoms with Gasteiger partial charge in [-0.15, -0.1) is 6.42 Å². The predicted molar refractivity (Wildman–Crippen MR) is 68.6 cm³/mol. The minimum atomic E-state index is -0.0862. The van der Waals surface area contributed by atoms with Crippen molar-refractivity contribution in [2.75, 3.05) is 13.1 Å². The van der Waals surface area contributed by atoms with Crippen LogP contribution in [-0.2, 0) is 0 Å². The van der Waals surface area contributed by atoms with Crippen molar-refractivity contribution < 1.29 is 4.79 Å². The Labute approximate surface area is 107 Å². The third-order valence-corrected chi connectivity index (χ3v) is 2.98. The molecule has 1 aliphatic carbocycles. The number of terminal acetylenes is 1. The first-order valence-corrected chi connectivity index (χ1v) is 5.97. The highest BCUT2D eigenvalue weighted by Gasteiger charge is 2.26. The molecule has 2 rings (SSSR count). The van der Waals surface area contributed by atoms with Crippen LogP contribution >= 0.6 is 0 Å². The van der Waals surface area contributed by atoms with E-state index in [0.717, 1.165) is 6.54 Å². The average molecular weight is 238 g/mol. The summed E-state index contributed by atoms with van der Waals surface area (Å²) in [4.78, 5) is 14.0. The molecule has 1 saturated carbocycles. The second-order valence-corrected chi connectivity index (χ2v) is 4.53. The van der Waals surface area contributed by atoms with Gasteiger partial charge in [0.05, 0.1) is 18.2 Å². The van der Waals surface area contributed by atoms with Crippen LogP contribution < -0.4 is 0 Å². The maximum atomic E-state index is 12.3. The number of carbonyl (C=O) groups excluding carboxylic acids is 1. The lowest BCUT2D eigenvalue weighted by atomic mass is 10.1. The van der Waals surface area contributed by atoms with E-state index in [0.29, 0.717) is 23.6 Å². The first kappa shape index (κ1) is 12.2. The largest absolute Gasteiger partial charge is 0.327 e. The van der Waals surface area contributed by atoms with Gasteiger partial charge in [-0.3, -0.25) is 4.79 Å². The summed E-state index contributed by atoms with van der Waals surface area (Å²) in [6.45, 7) is 1.05. The SMILES string of the molecule is C#CCN(CC1CC1)C(=O)c1cccc(C#N)c1. The second kappa shape index (κ2) is 5.38. The van der Waals surface area contributed by atoms with Gasteiger partial charge in [0.1, 0.15) is 0 Å². The Morgan fingerprint density at radius 3 is 2.89 bits per heavy atom. The molecule has 0 unspecified atom stereocenters. The zero-order chi connectivity index (χ0) is 13.0. The number of carbonyl (C=O) groups is 1. The lowest BCUT2D eigenvalue weighted by Gasteiger charge is -2.20. The fourth-order valence-corrected chi connectivity index (χ4v) is 1.85. The van der Waals surface area contributed by atoms with Crippen molar-refractivity contribution in [2.45, 2.75) is 12.8 Å². The Morgan fingerprint density at radius 1 is 1.50 bits per heavy atom. The molecule has 0 heterocycles. The van der Waals surface area contributed by atoms with Gasteiger partial charge in [-0.05, 0) is 37.0 Å². The summed E-state index contributed by atoms with van der Waals surface area (Å²) in [6.07, 6.45) is 7.65. The number of nitrogens with zero attached hydrogens (tertiary/aromatic N) is 2. The third kappa shape index (κ3) is 2.90. The van der Waals surface area contributed by atoms with Crippen LogP contribution in [0, 0.1) is 29.6 Å². The Morgan fingerprint density at radius 2 is 2.28 bits per heavy atom. The first-order chi connectivity index (χ1) is 8.74. The highest BCUT2D eigenvalue weighted by molar-refractivity contribution is 5.94. The van der Waals surface area contributed by atoms with Crippen LogP contribution in [0.4, 0.5) is 0 Å². The Balaban J connectivity index is 2.16. The smallest absolute Gasteiger partial charge is 0.254 e. The van der Waals surface area contributed by atoms with Crippen molar-refractivity contribution in [2.24, 2.45) is 5.92 Å². The van der Waals surface area contributed by atoms with Crippen LogP contribution in [0.3, 0.4) is 0 Å². The molecular weight excluding hydrogens is 224 g/mol. The lowest BCUT2D eigenvalue weighted by molar-refractivity contribution is 0.0770. The molecule has 1 aliphatic rings. The van der Waals surface area contributed by atoms with Crippen LogP contribution in [0.25, 0.3) is 0 Å². The van der Waals surface area contributed by atoms with Crippen molar-refractivity contribution in [3.63, 3.8) is 0 Å². The summed E-state index contributed by atoms with van der Waals surface area (Å²) in [5, 5.41) is 8.83. The molecule has 3 heteroatoms. The molecule has 0 radical (unpaired) electrons. The van der Waals surface area contributed by atoms with Crippen LogP contribution in [0.2, 0.25) is 0 Å². The standard InChI is InChI=1S/C15H14N2O/c1-2-8-17(11-12-6-7-12)15(18)14-5-3-4-13(9-14)10-16/h1,3-5,9,12H,6-8,11H2. The van der Waals surface area contributed by atoms with Gasteiger partial charge >= 0.3 is 0 Å². The van der Waals surface area contributed by atoms with Gasteiger partial charge in [0.2, 0.25) is 0 Å². The Hall–Kier alpha value is -2.26. The summed E-state index contributed by atoms with van der Waals surface area (Å²) in [6, 6.07) is 8.77. The number of amides is 1. The van der Waals surface area contributed by atoms with Gasteiger partial charge in [-0.1, -0.05) is 12.0 Å². The van der Waals surface area contributed by atoms with Crippen LogP contribution in [-0.4, -0.2) is 23.9 Å². The molecule has 18 heavy (non-hydrogen) atoms. The second-order valence-electron chi connectivity index (χ2n) is 4.53. The van der Waals surface area contributed by atoms with Crippen LogP contribution in [0.1, 0.15) is 28.8 Å². The van der Waals surface area contributed by atoms with Crippen molar-refractivity contribution in [1.29, 1.82) is 5.26 Å². The number of hydrogen-bond donors (Lipinski definition) is 0. The molecule has 1 amide bonds. The normalized spacial score (nSPS) is 13.4. The van der Waals surface area contributed by atoms with E-state index >= 15 is 0 Å². The van der Waals surface area contributed by atoms with Crippen molar-refractivity contribution >= 4 is 5.91 Å². The van der Waals surface area contributed by atoms with E-state index < -0.39 is 0 Å². The summed E-state index contributed by atoms with van der Waals surface area (Å²) in [7, 11) is 0. The molecule has 1 aromatic rings. The van der Waals surface area contributed by atoms with Gasteiger partial charge in [0.25, 0.3) is 5.91 Å². The molecule has 90 valence electrons. The minimum Gasteiger partial charge on any atom is -0.327 e. The maximum Gasteiger partial charge on any atom is 0.254 e. The van der Waals surface area contributed by atoms with E-state index in [9.17, 15) is 4.79 Å². The summed E-state index contributed by atoms with van der Waals surface area (Å²) < 4.78 is 0. The monoisotopic (exact) mass is 238 g/mol. The quantitative estimate of drug-likeness (QED) is 0.753. The van der Waals surface area contributed by atoms with E-state index in [-0.39, 0.29) is 5.91 Å². The molecule has 0 bridgehead atoms. The van der Waals surface area contributed by atoms with Crippen LogP contribution in [0.15, 0.2) is 24.3 Å². The van der Waals surface area contributed by atoms with Crippen molar-refractivity contribution in [1.82, 2.24) is 4.90 Å². The third-order valence-electron chi connectivity index (χ3n) is 2.98. The average Bonchev–Trinajstić information content (AvgIpc) is 3.21. The van der Waals surface area contributed by atoms with E-state index in [1.165, 1.54) is 12.8 Å². The summed E-state index contributed by atoms with van der Waals surface area (Å²) >= 11 is 0. The molecule has 0 aromatic heterocycles. The van der Waals surface area contributed by atoms with E-state index in [2.05, 4.69) is 5.92 Å². The molecule has 0 spiro atoms. The van der Waals surface area contributed by atoms with E-state index in [1.807, 2.05) is 6.07 Å². The fourth-order valence-electron chi connectivity index (χ4n) is 1.85. The van der Waals surface area contributed by atoms with Gasteiger partial charge in [0.15, 0.2) is 0 Å². The Bertz CT molecular complexity index is 532. The zero-order valence-corrected chi connectivity index (χ0v) is 10.1. The molecule has 3 nitrogen and oxygen atoms in total. The minimum absolute atomic E-state index is 0.0862. The predicted octanol–water partition coefficient (Wildman–Crippen LogP) is 2.04. The molecule has 0 N–H and O–H groups in total. The van der Waals surface area contributed by atoms with Gasteiger partial charge in [-0.2, -0.15) is 5.26 Å². The van der Waals surface area contributed by atoms with Gasteiger partial charge in [0, 0.05) is 12.1 Å². The number of hydrogen-bond acceptors (Lipinski definition) is 2. The van der Waals surface area contributed by atoms with Crippen LogP contribution in [0.5, 0.6) is 0 Å². The summed E-state index contributed by atoms with van der Waals surface area (Å²) in [5.41, 5.74) is 1.03. The van der Waals surface area contributed by atoms with E-state index in [4.69, 9.17) is 11.7 Å². The van der Waals surface area contributed by atoms with Crippen molar-refractivity contribution in [3.05, 3.63) is 35.4 Å². The van der Waals surface area contributed by atoms with Gasteiger partial charge in [-0.25, -0.2) is 0 Å². The van der Waals surface area contributed by atoms with Crippen molar-refractivity contribution in [3.8, 4) is 18.4 Å². The Kier molecular flexibility index (Phi) is 3.65. The maximum absolute atomic E-state index is 12.3. The fraction of sp³-hybridized carbons (Fsp3) is 0.333. The molecule has 0 atom stereocenters. The highest BCUT2D eigenvalue weighted by atomic mass is 16.2. The van der Waals surface area contributed by atoms with E-state index in [1.54, 1.807) is 29.2 Å².